The van der Waals surface area contributed by atoms with Gasteiger partial charge in [0, 0.05) is 6.42 Å². The van der Waals surface area contributed by atoms with Crippen molar-refractivity contribution in [1.29, 1.82) is 0 Å². The monoisotopic (exact) mass is 239 g/mol. The number of Topliss-reactive ketones (excluding diaryl/α,β-unsaturated/α-hetero) is 1. The maximum atomic E-state index is 11.3. The molecule has 2 nitrogen and oxygen atoms in total. The lowest BCUT2D eigenvalue weighted by atomic mass is 10.1. The summed E-state index contributed by atoms with van der Waals surface area (Å²) in [6.07, 6.45) is 12.9. The highest BCUT2D eigenvalue weighted by molar-refractivity contribution is 5.81. The lowest BCUT2D eigenvalue weighted by Crippen LogP contribution is -2.36. The maximum absolute atomic E-state index is 11.3. The van der Waals surface area contributed by atoms with E-state index in [1.165, 1.54) is 51.4 Å². The number of likely N-dealkylation sites (tertiary alicyclic amines) is 1. The number of piperidine rings is 1. The first kappa shape index (κ1) is 14.7. The number of rotatable bonds is 9. The van der Waals surface area contributed by atoms with Crippen LogP contribution >= 0.6 is 0 Å². The highest BCUT2D eigenvalue weighted by Gasteiger charge is 2.15. The molecule has 0 aromatic heterocycles. The third-order valence-electron chi connectivity index (χ3n) is 3.66. The van der Waals surface area contributed by atoms with Crippen LogP contribution in [0.5, 0.6) is 0 Å². The van der Waals surface area contributed by atoms with Gasteiger partial charge in [0.1, 0.15) is 5.78 Å². The molecule has 0 radical (unpaired) electrons. The molecule has 0 N–H and O–H groups in total. The van der Waals surface area contributed by atoms with Crippen LogP contribution in [-0.4, -0.2) is 30.3 Å². The molecule has 1 aliphatic heterocycles. The molecule has 0 bridgehead atoms. The Morgan fingerprint density at radius 2 is 1.65 bits per heavy atom. The van der Waals surface area contributed by atoms with Crippen molar-refractivity contribution in [3.8, 4) is 0 Å². The summed E-state index contributed by atoms with van der Waals surface area (Å²) >= 11 is 0. The molecular formula is C15H29NO. The van der Waals surface area contributed by atoms with Gasteiger partial charge in [-0.15, -0.1) is 0 Å². The molecule has 0 atom stereocenters. The molecule has 1 heterocycles. The Hall–Kier alpha value is -0.370. The van der Waals surface area contributed by atoms with Crippen LogP contribution in [0.3, 0.4) is 0 Å². The van der Waals surface area contributed by atoms with E-state index in [1.807, 2.05) is 0 Å². The molecule has 1 rings (SSSR count). The fourth-order valence-electron chi connectivity index (χ4n) is 2.57. The normalized spacial score (nSPS) is 17.6. The molecule has 100 valence electrons. The highest BCUT2D eigenvalue weighted by Crippen LogP contribution is 2.10. The molecular weight excluding hydrogens is 210 g/mol. The minimum absolute atomic E-state index is 0.441. The van der Waals surface area contributed by atoms with Crippen LogP contribution < -0.4 is 0 Å². The number of unbranched alkanes of at least 4 members (excludes halogenated alkanes) is 7. The van der Waals surface area contributed by atoms with Gasteiger partial charge in [-0.3, -0.25) is 9.69 Å². The maximum Gasteiger partial charge on any atom is 0.146 e. The van der Waals surface area contributed by atoms with Gasteiger partial charge >= 0.3 is 0 Å². The van der Waals surface area contributed by atoms with Crippen molar-refractivity contribution in [2.75, 3.05) is 19.6 Å². The second kappa shape index (κ2) is 9.64. The molecule has 0 spiro atoms. The number of ketones is 1. The highest BCUT2D eigenvalue weighted by atomic mass is 16.1. The third-order valence-corrected chi connectivity index (χ3v) is 3.66. The minimum Gasteiger partial charge on any atom is -0.298 e. The fraction of sp³-hybridized carbons (Fsp3) is 0.933. The lowest BCUT2D eigenvalue weighted by molar-refractivity contribution is -0.122. The van der Waals surface area contributed by atoms with E-state index in [4.69, 9.17) is 0 Å². The molecule has 0 unspecified atom stereocenters. The Morgan fingerprint density at radius 1 is 1.00 bits per heavy atom. The van der Waals surface area contributed by atoms with E-state index in [1.54, 1.807) is 0 Å². The standard InChI is InChI=1S/C15H29NO/c1-2-3-4-5-6-7-8-9-12-16-13-10-11-15(17)14-16/h2-14H2,1H3. The molecule has 1 saturated heterocycles. The van der Waals surface area contributed by atoms with Crippen molar-refractivity contribution in [1.82, 2.24) is 4.90 Å². The zero-order valence-electron chi connectivity index (χ0n) is 11.5. The number of carbonyl (C=O) groups is 1. The summed E-state index contributed by atoms with van der Waals surface area (Å²) in [5.41, 5.74) is 0. The van der Waals surface area contributed by atoms with Crippen molar-refractivity contribution in [2.24, 2.45) is 0 Å². The van der Waals surface area contributed by atoms with Crippen LogP contribution in [0.4, 0.5) is 0 Å². The van der Waals surface area contributed by atoms with Crippen LogP contribution in [0.2, 0.25) is 0 Å². The van der Waals surface area contributed by atoms with E-state index < -0.39 is 0 Å². The van der Waals surface area contributed by atoms with Gasteiger partial charge in [0.15, 0.2) is 0 Å². The first-order chi connectivity index (χ1) is 8.33. The summed E-state index contributed by atoms with van der Waals surface area (Å²) < 4.78 is 0. The van der Waals surface area contributed by atoms with E-state index in [2.05, 4.69) is 11.8 Å². The summed E-state index contributed by atoms with van der Waals surface area (Å²) in [7, 11) is 0. The molecule has 0 aromatic rings. The topological polar surface area (TPSA) is 20.3 Å². The van der Waals surface area contributed by atoms with Gasteiger partial charge < -0.3 is 0 Å². The predicted octanol–water partition coefficient (Wildman–Crippen LogP) is 3.79. The smallest absolute Gasteiger partial charge is 0.146 e. The van der Waals surface area contributed by atoms with Gasteiger partial charge in [-0.2, -0.15) is 0 Å². The van der Waals surface area contributed by atoms with E-state index in [9.17, 15) is 4.79 Å². The summed E-state index contributed by atoms with van der Waals surface area (Å²) in [6.45, 7) is 5.26. The Morgan fingerprint density at radius 3 is 2.29 bits per heavy atom. The number of hydrogen-bond donors (Lipinski definition) is 0. The number of nitrogens with zero attached hydrogens (tertiary/aromatic N) is 1. The van der Waals surface area contributed by atoms with Gasteiger partial charge in [0.05, 0.1) is 6.54 Å². The van der Waals surface area contributed by atoms with E-state index in [-0.39, 0.29) is 0 Å². The number of carbonyl (C=O) groups excluding carboxylic acids is 1. The third kappa shape index (κ3) is 7.54. The van der Waals surface area contributed by atoms with Crippen molar-refractivity contribution in [3.05, 3.63) is 0 Å². The molecule has 1 aliphatic rings. The molecule has 0 saturated carbocycles. The first-order valence-electron chi connectivity index (χ1n) is 7.57. The van der Waals surface area contributed by atoms with E-state index >= 15 is 0 Å². The lowest BCUT2D eigenvalue weighted by Gasteiger charge is -2.25. The molecule has 0 aromatic carbocycles. The molecule has 2 heteroatoms. The molecule has 17 heavy (non-hydrogen) atoms. The van der Waals surface area contributed by atoms with Gasteiger partial charge in [-0.05, 0) is 25.9 Å². The minimum atomic E-state index is 0.441. The Kier molecular flexibility index (Phi) is 8.33. The predicted molar refractivity (Wildman–Crippen MR) is 73.3 cm³/mol. The molecule has 0 aliphatic carbocycles. The van der Waals surface area contributed by atoms with Crippen molar-refractivity contribution < 1.29 is 4.79 Å². The summed E-state index contributed by atoms with van der Waals surface area (Å²) in [5, 5.41) is 0. The quantitative estimate of drug-likeness (QED) is 0.571. The number of hydrogen-bond acceptors (Lipinski definition) is 2. The zero-order valence-corrected chi connectivity index (χ0v) is 11.5. The molecule has 0 amide bonds. The van der Waals surface area contributed by atoms with Crippen LogP contribution in [0.15, 0.2) is 0 Å². The first-order valence-corrected chi connectivity index (χ1v) is 7.57. The summed E-state index contributed by atoms with van der Waals surface area (Å²) in [5.74, 6) is 0.441. The fourth-order valence-corrected chi connectivity index (χ4v) is 2.57. The van der Waals surface area contributed by atoms with Crippen LogP contribution in [0.1, 0.15) is 71.1 Å². The SMILES string of the molecule is CCCCCCCCCCN1CCCC(=O)C1. The summed E-state index contributed by atoms with van der Waals surface area (Å²) in [6, 6.07) is 0. The van der Waals surface area contributed by atoms with Crippen LogP contribution in [0, 0.1) is 0 Å². The average Bonchev–Trinajstić information content (AvgIpc) is 2.33. The van der Waals surface area contributed by atoms with Gasteiger partial charge in [-0.25, -0.2) is 0 Å². The van der Waals surface area contributed by atoms with Crippen molar-refractivity contribution in [2.45, 2.75) is 71.1 Å². The largest absolute Gasteiger partial charge is 0.298 e. The summed E-state index contributed by atoms with van der Waals surface area (Å²) in [4.78, 5) is 13.6. The van der Waals surface area contributed by atoms with Gasteiger partial charge in [0.2, 0.25) is 0 Å². The van der Waals surface area contributed by atoms with Gasteiger partial charge in [0.25, 0.3) is 0 Å². The van der Waals surface area contributed by atoms with Crippen molar-refractivity contribution >= 4 is 5.78 Å². The Bertz CT molecular complexity index is 203. The second-order valence-electron chi connectivity index (χ2n) is 5.39. The van der Waals surface area contributed by atoms with Crippen molar-refractivity contribution in [3.63, 3.8) is 0 Å². The van der Waals surface area contributed by atoms with Crippen LogP contribution in [-0.2, 0) is 4.79 Å². The average molecular weight is 239 g/mol. The zero-order chi connectivity index (χ0) is 12.3. The Balaban J connectivity index is 1.85. The second-order valence-corrected chi connectivity index (χ2v) is 5.39. The van der Waals surface area contributed by atoms with Gasteiger partial charge in [-0.1, -0.05) is 51.9 Å². The van der Waals surface area contributed by atoms with E-state index in [0.29, 0.717) is 5.78 Å². The Labute approximate surface area is 107 Å². The van der Waals surface area contributed by atoms with E-state index in [0.717, 1.165) is 32.5 Å². The molecule has 1 fully saturated rings. The van der Waals surface area contributed by atoms with Crippen LogP contribution in [0.25, 0.3) is 0 Å².